The molecule has 1 aliphatic heterocycles. The van der Waals surface area contributed by atoms with Gasteiger partial charge in [-0.2, -0.15) is 4.98 Å². The number of aromatic nitrogens is 2. The lowest BCUT2D eigenvalue weighted by atomic mass is 10.0. The molecule has 0 amide bonds. The van der Waals surface area contributed by atoms with Crippen LogP contribution in [-0.4, -0.2) is 41.1 Å². The SMILES string of the molecule is COc1ncnc(N2CCC(C(C)N)C2)c1[N+](=O)[O-]. The van der Waals surface area contributed by atoms with Gasteiger partial charge in [0.15, 0.2) is 0 Å². The van der Waals surface area contributed by atoms with E-state index < -0.39 is 4.92 Å². The van der Waals surface area contributed by atoms with Crippen molar-refractivity contribution in [2.24, 2.45) is 11.7 Å². The Kier molecular flexibility index (Phi) is 3.79. The Balaban J connectivity index is 2.33. The third-order valence-electron chi connectivity index (χ3n) is 3.41. The van der Waals surface area contributed by atoms with Crippen molar-refractivity contribution in [2.75, 3.05) is 25.1 Å². The summed E-state index contributed by atoms with van der Waals surface area (Å²) in [5.41, 5.74) is 5.69. The molecule has 0 radical (unpaired) electrons. The van der Waals surface area contributed by atoms with Gasteiger partial charge in [-0.3, -0.25) is 10.1 Å². The first-order valence-corrected chi connectivity index (χ1v) is 6.08. The summed E-state index contributed by atoms with van der Waals surface area (Å²) in [6.07, 6.45) is 2.18. The Labute approximate surface area is 110 Å². The second-order valence-corrected chi connectivity index (χ2v) is 4.67. The predicted molar refractivity (Wildman–Crippen MR) is 69.2 cm³/mol. The summed E-state index contributed by atoms with van der Waals surface area (Å²) < 4.78 is 4.94. The fourth-order valence-corrected chi connectivity index (χ4v) is 2.30. The smallest absolute Gasteiger partial charge is 0.372 e. The van der Waals surface area contributed by atoms with Gasteiger partial charge >= 0.3 is 5.69 Å². The average Bonchev–Trinajstić information content (AvgIpc) is 2.87. The number of nitrogens with zero attached hydrogens (tertiary/aromatic N) is 4. The van der Waals surface area contributed by atoms with E-state index in [0.717, 1.165) is 6.42 Å². The van der Waals surface area contributed by atoms with Crippen LogP contribution in [0.3, 0.4) is 0 Å². The Bertz CT molecular complexity index is 479. The van der Waals surface area contributed by atoms with Gasteiger partial charge in [0.2, 0.25) is 5.82 Å². The van der Waals surface area contributed by atoms with Crippen molar-refractivity contribution in [3.63, 3.8) is 0 Å². The van der Waals surface area contributed by atoms with Crippen LogP contribution < -0.4 is 15.4 Å². The molecule has 2 heterocycles. The Hall–Kier alpha value is -1.96. The number of hydrogen-bond donors (Lipinski definition) is 1. The molecule has 2 N–H and O–H groups in total. The molecule has 1 aromatic heterocycles. The van der Waals surface area contributed by atoms with Crippen LogP contribution in [0.5, 0.6) is 5.88 Å². The topological polar surface area (TPSA) is 107 Å². The van der Waals surface area contributed by atoms with Gasteiger partial charge in [0.05, 0.1) is 12.0 Å². The predicted octanol–water partition coefficient (Wildman–Crippen LogP) is 0.567. The minimum Gasteiger partial charge on any atom is -0.476 e. The van der Waals surface area contributed by atoms with E-state index in [2.05, 4.69) is 9.97 Å². The van der Waals surface area contributed by atoms with Crippen LogP contribution >= 0.6 is 0 Å². The number of methoxy groups -OCH3 is 1. The molecule has 0 saturated carbocycles. The molecule has 0 aliphatic carbocycles. The van der Waals surface area contributed by atoms with E-state index in [1.165, 1.54) is 13.4 Å². The van der Waals surface area contributed by atoms with E-state index in [4.69, 9.17) is 10.5 Å². The van der Waals surface area contributed by atoms with Gasteiger partial charge in [0.25, 0.3) is 5.88 Å². The molecular weight excluding hydrogens is 250 g/mol. The third kappa shape index (κ3) is 2.58. The average molecular weight is 267 g/mol. The molecule has 1 aromatic rings. The highest BCUT2D eigenvalue weighted by atomic mass is 16.6. The fraction of sp³-hybridized carbons (Fsp3) is 0.636. The zero-order chi connectivity index (χ0) is 14.0. The van der Waals surface area contributed by atoms with Crippen LogP contribution in [-0.2, 0) is 0 Å². The molecule has 2 atom stereocenters. The summed E-state index contributed by atoms with van der Waals surface area (Å²) in [5, 5.41) is 11.2. The molecule has 19 heavy (non-hydrogen) atoms. The van der Waals surface area contributed by atoms with Crippen molar-refractivity contribution >= 4 is 11.5 Å². The summed E-state index contributed by atoms with van der Waals surface area (Å²) in [4.78, 5) is 20.3. The van der Waals surface area contributed by atoms with Gasteiger partial charge in [-0.15, -0.1) is 0 Å². The van der Waals surface area contributed by atoms with Gasteiger partial charge in [-0.1, -0.05) is 0 Å². The Morgan fingerprint density at radius 1 is 1.63 bits per heavy atom. The number of nitro groups is 1. The lowest BCUT2D eigenvalue weighted by Gasteiger charge is -2.18. The maximum absolute atomic E-state index is 11.2. The number of hydrogen-bond acceptors (Lipinski definition) is 7. The molecule has 8 heteroatoms. The third-order valence-corrected chi connectivity index (χ3v) is 3.41. The zero-order valence-corrected chi connectivity index (χ0v) is 10.9. The van der Waals surface area contributed by atoms with Crippen molar-refractivity contribution in [3.05, 3.63) is 16.4 Å². The van der Waals surface area contributed by atoms with Gasteiger partial charge in [-0.25, -0.2) is 4.98 Å². The van der Waals surface area contributed by atoms with Crippen LogP contribution in [0.25, 0.3) is 0 Å². The van der Waals surface area contributed by atoms with Crippen molar-refractivity contribution in [2.45, 2.75) is 19.4 Å². The quantitative estimate of drug-likeness (QED) is 0.627. The Morgan fingerprint density at radius 3 is 2.89 bits per heavy atom. The first-order valence-electron chi connectivity index (χ1n) is 6.08. The maximum atomic E-state index is 11.2. The minimum atomic E-state index is -0.507. The molecule has 0 spiro atoms. The van der Waals surface area contributed by atoms with E-state index in [0.29, 0.717) is 24.8 Å². The standard InChI is InChI=1S/C11H17N5O3/c1-7(12)8-3-4-15(5-8)10-9(16(17)18)11(19-2)14-6-13-10/h6-8H,3-5,12H2,1-2H3. The molecule has 8 nitrogen and oxygen atoms in total. The van der Waals surface area contributed by atoms with Crippen LogP contribution in [0.4, 0.5) is 11.5 Å². The minimum absolute atomic E-state index is 0.0146. The molecule has 2 unspecified atom stereocenters. The summed E-state index contributed by atoms with van der Waals surface area (Å²) in [7, 11) is 1.36. The van der Waals surface area contributed by atoms with Crippen molar-refractivity contribution in [3.8, 4) is 5.88 Å². The number of anilines is 1. The maximum Gasteiger partial charge on any atom is 0.372 e. The summed E-state index contributed by atoms with van der Waals surface area (Å²) in [6, 6.07) is 0.0628. The number of rotatable bonds is 4. The highest BCUT2D eigenvalue weighted by molar-refractivity contribution is 5.63. The van der Waals surface area contributed by atoms with Crippen molar-refractivity contribution < 1.29 is 9.66 Å². The first kappa shape index (κ1) is 13.5. The molecule has 0 bridgehead atoms. The van der Waals surface area contributed by atoms with Crippen LogP contribution in [0.2, 0.25) is 0 Å². The molecule has 104 valence electrons. The van der Waals surface area contributed by atoms with Crippen LogP contribution in [0, 0.1) is 16.0 Å². The molecule has 1 aliphatic rings. The normalized spacial score (nSPS) is 20.4. The van der Waals surface area contributed by atoms with Crippen molar-refractivity contribution in [1.82, 2.24) is 9.97 Å². The van der Waals surface area contributed by atoms with E-state index in [1.807, 2.05) is 11.8 Å². The van der Waals surface area contributed by atoms with Gasteiger partial charge in [-0.05, 0) is 19.3 Å². The second-order valence-electron chi connectivity index (χ2n) is 4.67. The van der Waals surface area contributed by atoms with Gasteiger partial charge < -0.3 is 15.4 Å². The van der Waals surface area contributed by atoms with Gasteiger partial charge in [0.1, 0.15) is 6.33 Å². The number of nitrogens with two attached hydrogens (primary N) is 1. The second kappa shape index (κ2) is 5.35. The lowest BCUT2D eigenvalue weighted by Crippen LogP contribution is -2.30. The van der Waals surface area contributed by atoms with Crippen LogP contribution in [0.15, 0.2) is 6.33 Å². The summed E-state index contributed by atoms with van der Waals surface area (Å²) in [5.74, 6) is 0.611. The fourth-order valence-electron chi connectivity index (χ4n) is 2.30. The first-order chi connectivity index (χ1) is 9.04. The molecule has 0 aromatic carbocycles. The van der Waals surface area contributed by atoms with E-state index in [9.17, 15) is 10.1 Å². The van der Waals surface area contributed by atoms with Crippen LogP contribution in [0.1, 0.15) is 13.3 Å². The largest absolute Gasteiger partial charge is 0.476 e. The monoisotopic (exact) mass is 267 g/mol. The van der Waals surface area contributed by atoms with E-state index >= 15 is 0 Å². The molecular formula is C11H17N5O3. The molecule has 1 saturated heterocycles. The molecule has 2 rings (SSSR count). The highest BCUT2D eigenvalue weighted by Gasteiger charge is 2.33. The summed E-state index contributed by atoms with van der Waals surface area (Å²) in [6.45, 7) is 3.31. The number of ether oxygens (including phenoxy) is 1. The lowest BCUT2D eigenvalue weighted by molar-refractivity contribution is -0.385. The Morgan fingerprint density at radius 2 is 2.37 bits per heavy atom. The highest BCUT2D eigenvalue weighted by Crippen LogP contribution is 2.35. The van der Waals surface area contributed by atoms with E-state index in [-0.39, 0.29) is 17.6 Å². The summed E-state index contributed by atoms with van der Waals surface area (Å²) >= 11 is 0. The molecule has 1 fully saturated rings. The zero-order valence-electron chi connectivity index (χ0n) is 10.9. The van der Waals surface area contributed by atoms with Gasteiger partial charge in [0, 0.05) is 19.1 Å². The van der Waals surface area contributed by atoms with E-state index in [1.54, 1.807) is 0 Å². The van der Waals surface area contributed by atoms with Crippen molar-refractivity contribution in [1.29, 1.82) is 0 Å².